The van der Waals surface area contributed by atoms with Crippen LogP contribution in [0.1, 0.15) is 16.7 Å². The van der Waals surface area contributed by atoms with Gasteiger partial charge in [0, 0.05) is 11.3 Å². The van der Waals surface area contributed by atoms with Crippen molar-refractivity contribution in [3.05, 3.63) is 65.2 Å². The highest BCUT2D eigenvalue weighted by Gasteiger charge is 2.06. The number of benzene rings is 2. The van der Waals surface area contributed by atoms with Crippen molar-refractivity contribution in [2.45, 2.75) is 13.3 Å². The van der Waals surface area contributed by atoms with E-state index in [1.807, 2.05) is 31.2 Å². The fourth-order valence-electron chi connectivity index (χ4n) is 2.03. The van der Waals surface area contributed by atoms with E-state index in [-0.39, 0.29) is 11.7 Å². The van der Waals surface area contributed by atoms with Crippen LogP contribution in [0.5, 0.6) is 0 Å². The quantitative estimate of drug-likeness (QED) is 0.348. The molecule has 108 valence electrons. The van der Waals surface area contributed by atoms with Gasteiger partial charge in [-0.05, 0) is 24.6 Å². The van der Waals surface area contributed by atoms with E-state index < -0.39 is 0 Å². The Morgan fingerprint density at radius 1 is 1.24 bits per heavy atom. The summed E-state index contributed by atoms with van der Waals surface area (Å²) in [7, 11) is 0. The summed E-state index contributed by atoms with van der Waals surface area (Å²) in [5.74, 6) is -0.109. The summed E-state index contributed by atoms with van der Waals surface area (Å²) in [6.07, 6.45) is 0.301. The average molecular weight is 283 g/mol. The number of carbonyl (C=O) groups excluding carboxylic acids is 1. The Labute approximate surface area is 123 Å². The lowest BCUT2D eigenvalue weighted by atomic mass is 10.1. The van der Waals surface area contributed by atoms with Crippen LogP contribution in [0.25, 0.3) is 0 Å². The molecule has 0 saturated carbocycles. The zero-order chi connectivity index (χ0) is 15.2. The van der Waals surface area contributed by atoms with Gasteiger partial charge in [0.15, 0.2) is 5.84 Å². The Morgan fingerprint density at radius 2 is 2.00 bits per heavy atom. The zero-order valence-corrected chi connectivity index (χ0v) is 11.7. The van der Waals surface area contributed by atoms with Crippen molar-refractivity contribution < 1.29 is 10.0 Å². The second-order valence-corrected chi connectivity index (χ2v) is 4.78. The number of amides is 1. The van der Waals surface area contributed by atoms with Gasteiger partial charge in [-0.15, -0.1) is 0 Å². The molecule has 0 bridgehead atoms. The van der Waals surface area contributed by atoms with E-state index in [0.29, 0.717) is 17.7 Å². The van der Waals surface area contributed by atoms with Crippen molar-refractivity contribution in [3.8, 4) is 0 Å². The summed E-state index contributed by atoms with van der Waals surface area (Å²) in [6.45, 7) is 1.99. The Balaban J connectivity index is 2.06. The summed E-state index contributed by atoms with van der Waals surface area (Å²) in [5.41, 5.74) is 8.75. The lowest BCUT2D eigenvalue weighted by Gasteiger charge is -2.07. The summed E-state index contributed by atoms with van der Waals surface area (Å²) in [5, 5.41) is 14.4. The lowest BCUT2D eigenvalue weighted by molar-refractivity contribution is -0.115. The van der Waals surface area contributed by atoms with E-state index in [4.69, 9.17) is 10.9 Å². The molecule has 5 nitrogen and oxygen atoms in total. The minimum atomic E-state index is -0.114. The number of aryl methyl sites for hydroxylation is 1. The van der Waals surface area contributed by atoms with E-state index in [1.165, 1.54) is 0 Å². The molecule has 1 amide bonds. The van der Waals surface area contributed by atoms with E-state index >= 15 is 0 Å². The third-order valence-electron chi connectivity index (χ3n) is 3.00. The average Bonchev–Trinajstić information content (AvgIpc) is 2.46. The van der Waals surface area contributed by atoms with Gasteiger partial charge in [-0.2, -0.15) is 0 Å². The molecule has 21 heavy (non-hydrogen) atoms. The molecule has 0 unspecified atom stereocenters. The highest BCUT2D eigenvalue weighted by Crippen LogP contribution is 2.12. The molecule has 0 aromatic heterocycles. The van der Waals surface area contributed by atoms with Crippen molar-refractivity contribution in [3.63, 3.8) is 0 Å². The standard InChI is InChI=1S/C16H17N3O2/c1-11-4-2-5-12(8-11)9-15(20)18-14-7-3-6-13(10-14)16(17)19-21/h2-8,10,21H,9H2,1H3,(H2,17,19)(H,18,20). The summed E-state index contributed by atoms with van der Waals surface area (Å²) in [4.78, 5) is 12.0. The Bertz CT molecular complexity index is 681. The molecule has 0 fully saturated rings. The lowest BCUT2D eigenvalue weighted by Crippen LogP contribution is -2.16. The van der Waals surface area contributed by atoms with Gasteiger partial charge in [-0.25, -0.2) is 0 Å². The van der Waals surface area contributed by atoms with Crippen LogP contribution in [-0.2, 0) is 11.2 Å². The molecular weight excluding hydrogens is 266 g/mol. The van der Waals surface area contributed by atoms with Crippen LogP contribution in [0.4, 0.5) is 5.69 Å². The number of oxime groups is 1. The molecule has 2 aromatic carbocycles. The Kier molecular flexibility index (Phi) is 4.56. The normalized spacial score (nSPS) is 11.2. The molecule has 0 aliphatic carbocycles. The van der Waals surface area contributed by atoms with Gasteiger partial charge in [0.1, 0.15) is 0 Å². The van der Waals surface area contributed by atoms with Crippen molar-refractivity contribution in [2.75, 3.05) is 5.32 Å². The Morgan fingerprint density at radius 3 is 2.71 bits per heavy atom. The van der Waals surface area contributed by atoms with Gasteiger partial charge in [0.2, 0.25) is 5.91 Å². The molecule has 0 radical (unpaired) electrons. The van der Waals surface area contributed by atoms with Crippen LogP contribution < -0.4 is 11.1 Å². The first-order valence-corrected chi connectivity index (χ1v) is 6.52. The minimum Gasteiger partial charge on any atom is -0.409 e. The second kappa shape index (κ2) is 6.56. The second-order valence-electron chi connectivity index (χ2n) is 4.78. The number of rotatable bonds is 4. The summed E-state index contributed by atoms with van der Waals surface area (Å²) < 4.78 is 0. The first-order chi connectivity index (χ1) is 10.1. The molecule has 2 rings (SSSR count). The maximum atomic E-state index is 12.0. The van der Waals surface area contributed by atoms with Gasteiger partial charge in [0.05, 0.1) is 6.42 Å². The molecule has 0 aliphatic rings. The highest BCUT2D eigenvalue weighted by molar-refractivity contribution is 5.99. The number of nitrogens with one attached hydrogen (secondary N) is 1. The van der Waals surface area contributed by atoms with Crippen LogP contribution in [0.15, 0.2) is 53.7 Å². The molecular formula is C16H17N3O2. The maximum Gasteiger partial charge on any atom is 0.228 e. The number of hydrogen-bond acceptors (Lipinski definition) is 3. The molecule has 4 N–H and O–H groups in total. The summed E-state index contributed by atoms with van der Waals surface area (Å²) in [6, 6.07) is 14.6. The van der Waals surface area contributed by atoms with Gasteiger partial charge in [-0.1, -0.05) is 47.1 Å². The Hall–Kier alpha value is -2.82. The van der Waals surface area contributed by atoms with Gasteiger partial charge in [0.25, 0.3) is 0 Å². The van der Waals surface area contributed by atoms with E-state index in [9.17, 15) is 4.79 Å². The third kappa shape index (κ3) is 4.07. The van der Waals surface area contributed by atoms with Crippen LogP contribution in [-0.4, -0.2) is 17.0 Å². The van der Waals surface area contributed by atoms with Crippen molar-refractivity contribution in [2.24, 2.45) is 10.9 Å². The van der Waals surface area contributed by atoms with Crippen LogP contribution in [0.3, 0.4) is 0 Å². The predicted octanol–water partition coefficient (Wildman–Crippen LogP) is 2.27. The zero-order valence-electron chi connectivity index (χ0n) is 11.7. The predicted molar refractivity (Wildman–Crippen MR) is 82.5 cm³/mol. The van der Waals surface area contributed by atoms with E-state index in [1.54, 1.807) is 24.3 Å². The van der Waals surface area contributed by atoms with Gasteiger partial charge >= 0.3 is 0 Å². The first kappa shape index (κ1) is 14.6. The van der Waals surface area contributed by atoms with E-state index in [2.05, 4.69) is 10.5 Å². The van der Waals surface area contributed by atoms with Gasteiger partial charge < -0.3 is 16.3 Å². The maximum absolute atomic E-state index is 12.0. The fraction of sp³-hybridized carbons (Fsp3) is 0.125. The SMILES string of the molecule is Cc1cccc(CC(=O)Nc2cccc(C(N)=NO)c2)c1. The highest BCUT2D eigenvalue weighted by atomic mass is 16.4. The van der Waals surface area contributed by atoms with Crippen molar-refractivity contribution in [1.29, 1.82) is 0 Å². The molecule has 0 saturated heterocycles. The third-order valence-corrected chi connectivity index (χ3v) is 3.00. The number of nitrogens with two attached hydrogens (primary N) is 1. The van der Waals surface area contributed by atoms with Crippen LogP contribution in [0, 0.1) is 6.92 Å². The largest absolute Gasteiger partial charge is 0.409 e. The fourth-order valence-corrected chi connectivity index (χ4v) is 2.03. The number of anilines is 1. The number of amidine groups is 1. The number of hydrogen-bond donors (Lipinski definition) is 3. The monoisotopic (exact) mass is 283 g/mol. The molecule has 0 heterocycles. The molecule has 2 aromatic rings. The topological polar surface area (TPSA) is 87.7 Å². The smallest absolute Gasteiger partial charge is 0.228 e. The van der Waals surface area contributed by atoms with Crippen molar-refractivity contribution >= 4 is 17.4 Å². The summed E-state index contributed by atoms with van der Waals surface area (Å²) >= 11 is 0. The molecule has 0 aliphatic heterocycles. The van der Waals surface area contributed by atoms with Crippen LogP contribution >= 0.6 is 0 Å². The van der Waals surface area contributed by atoms with Crippen molar-refractivity contribution in [1.82, 2.24) is 0 Å². The van der Waals surface area contributed by atoms with Gasteiger partial charge in [-0.3, -0.25) is 4.79 Å². The minimum absolute atomic E-state index is 0.00443. The molecule has 5 heteroatoms. The van der Waals surface area contributed by atoms with E-state index in [0.717, 1.165) is 11.1 Å². The number of carbonyl (C=O) groups is 1. The number of nitrogens with zero attached hydrogens (tertiary/aromatic N) is 1. The molecule has 0 atom stereocenters. The van der Waals surface area contributed by atoms with Crippen LogP contribution in [0.2, 0.25) is 0 Å². The molecule has 0 spiro atoms. The first-order valence-electron chi connectivity index (χ1n) is 6.52.